The third-order valence-electron chi connectivity index (χ3n) is 11.7. The highest BCUT2D eigenvalue weighted by Crippen LogP contribution is 2.63. The molecule has 48 heavy (non-hydrogen) atoms. The van der Waals surface area contributed by atoms with Crippen molar-refractivity contribution in [1.29, 1.82) is 0 Å². The van der Waals surface area contributed by atoms with Gasteiger partial charge in [0.2, 0.25) is 5.91 Å². The van der Waals surface area contributed by atoms with Crippen LogP contribution in [0.25, 0.3) is 0 Å². The molecule has 1 saturated heterocycles. The Kier molecular flexibility index (Phi) is 9.02. The molecule has 0 radical (unpaired) electrons. The maximum atomic E-state index is 14.4. The second kappa shape index (κ2) is 12.0. The summed E-state index contributed by atoms with van der Waals surface area (Å²) in [5, 5.41) is 61.9. The van der Waals surface area contributed by atoms with Crippen molar-refractivity contribution in [3.63, 3.8) is 0 Å². The first-order valence-corrected chi connectivity index (χ1v) is 16.2. The average Bonchev–Trinajstić information content (AvgIpc) is 2.99. The monoisotopic (exact) mass is 673 g/mol. The predicted molar refractivity (Wildman–Crippen MR) is 168 cm³/mol. The molecule has 3 aliphatic carbocycles. The molecule has 0 unspecified atom stereocenters. The van der Waals surface area contributed by atoms with Gasteiger partial charge in [0, 0.05) is 38.0 Å². The van der Waals surface area contributed by atoms with Crippen LogP contribution in [0.5, 0.6) is 0 Å². The lowest BCUT2D eigenvalue weighted by Crippen LogP contribution is -2.81. The Hall–Kier alpha value is -3.20. The molecule has 11 atom stereocenters. The van der Waals surface area contributed by atoms with E-state index in [0.29, 0.717) is 5.56 Å². The topological polar surface area (TPSA) is 209 Å². The summed E-state index contributed by atoms with van der Waals surface area (Å²) in [6.07, 6.45) is -9.83. The number of fused-ring (bicyclic) bond motifs is 5. The number of benzene rings is 1. The molecule has 3 fully saturated rings. The molecule has 6 N–H and O–H groups in total. The van der Waals surface area contributed by atoms with Gasteiger partial charge in [-0.3, -0.25) is 14.4 Å². The molecule has 2 saturated carbocycles. The van der Waals surface area contributed by atoms with E-state index in [1.54, 1.807) is 32.0 Å². The fourth-order valence-corrected chi connectivity index (χ4v) is 8.67. The molecule has 0 spiro atoms. The van der Waals surface area contributed by atoms with Gasteiger partial charge in [-0.1, -0.05) is 32.0 Å². The predicted octanol–water partition coefficient (Wildman–Crippen LogP) is 0.623. The molecular weight excluding hydrogens is 626 g/mol. The molecule has 1 aromatic carbocycles. The fourth-order valence-electron chi connectivity index (χ4n) is 8.67. The average molecular weight is 674 g/mol. The first-order valence-electron chi connectivity index (χ1n) is 16.2. The van der Waals surface area contributed by atoms with Crippen LogP contribution in [0.1, 0.15) is 77.1 Å². The Morgan fingerprint density at radius 3 is 2.21 bits per heavy atom. The number of ketones is 1. The number of ether oxygens (including phenoxy) is 3. The van der Waals surface area contributed by atoms with Crippen LogP contribution in [-0.4, -0.2) is 104 Å². The Morgan fingerprint density at radius 1 is 1.02 bits per heavy atom. The number of nitrogens with one attached hydrogen (secondary N) is 1. The second-order valence-corrected chi connectivity index (χ2v) is 14.8. The van der Waals surface area contributed by atoms with Gasteiger partial charge in [-0.05, 0) is 55.5 Å². The number of aliphatic hydroxyl groups excluding tert-OH is 3. The molecule has 5 rings (SSSR count). The second-order valence-electron chi connectivity index (χ2n) is 14.8. The highest BCUT2D eigenvalue weighted by atomic mass is 16.6. The van der Waals surface area contributed by atoms with Gasteiger partial charge in [0.25, 0.3) is 0 Å². The van der Waals surface area contributed by atoms with Crippen LogP contribution in [0.4, 0.5) is 0 Å². The maximum Gasteiger partial charge on any atom is 0.338 e. The Bertz CT molecular complexity index is 1570. The van der Waals surface area contributed by atoms with Crippen molar-refractivity contribution in [2.45, 2.75) is 122 Å². The fraction of sp³-hybridized carbons (Fsp3) is 0.657. The molecule has 264 valence electrons. The van der Waals surface area contributed by atoms with Gasteiger partial charge >= 0.3 is 11.9 Å². The van der Waals surface area contributed by atoms with E-state index in [0.717, 1.165) is 18.1 Å². The van der Waals surface area contributed by atoms with Crippen LogP contribution >= 0.6 is 0 Å². The summed E-state index contributed by atoms with van der Waals surface area (Å²) in [6, 6.07) is 3.98. The van der Waals surface area contributed by atoms with Gasteiger partial charge in [0.15, 0.2) is 11.9 Å². The van der Waals surface area contributed by atoms with Gasteiger partial charge < -0.3 is 45.1 Å². The molecule has 13 heteroatoms. The van der Waals surface area contributed by atoms with Crippen molar-refractivity contribution in [2.75, 3.05) is 6.61 Å². The Balaban J connectivity index is 1.62. The summed E-state index contributed by atoms with van der Waals surface area (Å²) < 4.78 is 17.2. The van der Waals surface area contributed by atoms with Crippen LogP contribution < -0.4 is 5.32 Å². The first kappa shape index (κ1) is 36.1. The smallest absolute Gasteiger partial charge is 0.338 e. The molecule has 1 heterocycles. The van der Waals surface area contributed by atoms with E-state index in [-0.39, 0.29) is 24.2 Å². The summed E-state index contributed by atoms with van der Waals surface area (Å²) in [6.45, 7) is 11.8. The quantitative estimate of drug-likeness (QED) is 0.181. The summed E-state index contributed by atoms with van der Waals surface area (Å²) >= 11 is 0. The van der Waals surface area contributed by atoms with Gasteiger partial charge in [-0.2, -0.15) is 0 Å². The Morgan fingerprint density at radius 2 is 1.67 bits per heavy atom. The van der Waals surface area contributed by atoms with E-state index in [4.69, 9.17) is 14.2 Å². The molecule has 4 aliphatic rings. The van der Waals surface area contributed by atoms with Crippen molar-refractivity contribution in [2.24, 2.45) is 16.7 Å². The van der Waals surface area contributed by atoms with Crippen molar-refractivity contribution < 1.29 is 58.9 Å². The lowest BCUT2D eigenvalue weighted by atomic mass is 9.45. The van der Waals surface area contributed by atoms with Gasteiger partial charge in [-0.25, -0.2) is 4.79 Å². The number of hydrogen-bond donors (Lipinski definition) is 6. The van der Waals surface area contributed by atoms with Gasteiger partial charge in [0.1, 0.15) is 29.5 Å². The number of rotatable bonds is 6. The summed E-state index contributed by atoms with van der Waals surface area (Å²) in [7, 11) is 0. The molecule has 1 aliphatic heterocycles. The molecule has 13 nitrogen and oxygen atoms in total. The van der Waals surface area contributed by atoms with Crippen LogP contribution in [0, 0.1) is 30.6 Å². The number of aryl methyl sites for hydroxylation is 2. The van der Waals surface area contributed by atoms with Crippen molar-refractivity contribution in [1.82, 2.24) is 5.32 Å². The summed E-state index contributed by atoms with van der Waals surface area (Å²) in [5.74, 6) is -4.83. The lowest BCUT2D eigenvalue weighted by molar-refractivity contribution is -0.345. The minimum Gasteiger partial charge on any atom is -0.459 e. The van der Waals surface area contributed by atoms with E-state index < -0.39 is 101 Å². The third kappa shape index (κ3) is 5.21. The van der Waals surface area contributed by atoms with Crippen molar-refractivity contribution >= 4 is 23.6 Å². The third-order valence-corrected chi connectivity index (χ3v) is 11.7. The maximum absolute atomic E-state index is 14.4. The first-order chi connectivity index (χ1) is 22.1. The number of Topliss-reactive ketones (excluding diaryl/α,β-unsaturated/α-hetero) is 1. The van der Waals surface area contributed by atoms with Crippen molar-refractivity contribution in [3.8, 4) is 0 Å². The largest absolute Gasteiger partial charge is 0.459 e. The zero-order valence-corrected chi connectivity index (χ0v) is 28.6. The number of carbonyl (C=O) groups excluding carboxylic acids is 4. The number of hydrogen-bond acceptors (Lipinski definition) is 12. The van der Waals surface area contributed by atoms with E-state index in [2.05, 4.69) is 5.32 Å². The zero-order valence-electron chi connectivity index (χ0n) is 28.6. The van der Waals surface area contributed by atoms with Gasteiger partial charge in [0.05, 0.1) is 30.3 Å². The standard InChI is InChI=1S/C35H47NO12/c1-15-9-10-20(11-16(15)2)25(36-18(4)37)27(41)31(43)48-21-13-35(45)30(47-19(5)38)28-33(8,22(39)12-23-34(28,44)14-46-23)29(42)26(40)24(17(21)3)32(35,6)7/h9-11,21-23,25-28,30,39-41,44-45H,12-14H2,1-8H3,(H,36,37)/t21-,22-,23+,25-,26+,27+,28-,30-,33+,34-,35+/m0/s1. The molecule has 2 bridgehead atoms. The number of amides is 1. The number of carbonyl (C=O) groups is 4. The van der Waals surface area contributed by atoms with E-state index in [9.17, 15) is 44.7 Å². The van der Waals surface area contributed by atoms with E-state index in [1.807, 2.05) is 13.8 Å². The van der Waals surface area contributed by atoms with Crippen LogP contribution in [-0.2, 0) is 33.4 Å². The SMILES string of the molecule is CC(=O)N[C@@H](c1ccc(C)c(C)c1)[C@@H](O)C(=O)O[C@H]1C[C@@]2(O)[C@@H](OC(C)=O)[C@@H]3[C@]4(O)CO[C@@H]4C[C@H](O)[C@@]3(C)C(=O)[C@H](O)C(=C1C)C2(C)C. The zero-order chi connectivity index (χ0) is 35.9. The highest BCUT2D eigenvalue weighted by molar-refractivity contribution is 5.93. The molecule has 0 aromatic heterocycles. The lowest BCUT2D eigenvalue weighted by Gasteiger charge is -2.66. The van der Waals surface area contributed by atoms with Crippen LogP contribution in [0.3, 0.4) is 0 Å². The molecule has 1 amide bonds. The van der Waals surface area contributed by atoms with Crippen molar-refractivity contribution in [3.05, 3.63) is 46.0 Å². The number of esters is 2. The van der Waals surface area contributed by atoms with Crippen LogP contribution in [0.15, 0.2) is 29.3 Å². The van der Waals surface area contributed by atoms with Crippen LogP contribution in [0.2, 0.25) is 0 Å². The van der Waals surface area contributed by atoms with Gasteiger partial charge in [-0.15, -0.1) is 0 Å². The summed E-state index contributed by atoms with van der Waals surface area (Å²) in [4.78, 5) is 52.9. The molecule has 1 aromatic rings. The Labute approximate surface area is 279 Å². The minimum atomic E-state index is -2.21. The van der Waals surface area contributed by atoms with E-state index >= 15 is 0 Å². The van der Waals surface area contributed by atoms with E-state index in [1.165, 1.54) is 20.8 Å². The highest BCUT2D eigenvalue weighted by Gasteiger charge is 2.76. The molecular formula is C35H47NO12. The minimum absolute atomic E-state index is 0.0101. The number of aliphatic hydroxyl groups is 5. The normalized spacial score (nSPS) is 38.2. The summed E-state index contributed by atoms with van der Waals surface area (Å²) in [5.41, 5.74) is -5.01.